The van der Waals surface area contributed by atoms with Crippen LogP contribution in [0, 0.1) is 13.8 Å². The van der Waals surface area contributed by atoms with Gasteiger partial charge in [-0.25, -0.2) is 10.8 Å². The SMILES string of the molecule is Cc1ccc(OCc2nc(C)c(C(=O)NN)s2)cc1. The third-order valence-electron chi connectivity index (χ3n) is 2.56. The van der Waals surface area contributed by atoms with Gasteiger partial charge in [-0.2, -0.15) is 0 Å². The molecule has 0 saturated carbocycles. The number of carbonyl (C=O) groups excluding carboxylic acids is 1. The Hall–Kier alpha value is -1.92. The van der Waals surface area contributed by atoms with Gasteiger partial charge in [-0.15, -0.1) is 11.3 Å². The van der Waals surface area contributed by atoms with Gasteiger partial charge in [0.2, 0.25) is 0 Å². The number of hydrazine groups is 1. The van der Waals surface area contributed by atoms with Gasteiger partial charge in [0.1, 0.15) is 22.2 Å². The number of ether oxygens (including phenoxy) is 1. The number of rotatable bonds is 4. The van der Waals surface area contributed by atoms with Gasteiger partial charge in [0.05, 0.1) is 5.69 Å². The van der Waals surface area contributed by atoms with E-state index in [2.05, 4.69) is 10.4 Å². The Morgan fingerprint density at radius 3 is 2.68 bits per heavy atom. The number of nitrogens with one attached hydrogen (secondary N) is 1. The van der Waals surface area contributed by atoms with Crippen LogP contribution in [-0.2, 0) is 6.61 Å². The van der Waals surface area contributed by atoms with Crippen LogP contribution in [0.15, 0.2) is 24.3 Å². The van der Waals surface area contributed by atoms with Crippen molar-refractivity contribution in [1.82, 2.24) is 10.4 Å². The van der Waals surface area contributed by atoms with E-state index < -0.39 is 0 Å². The Morgan fingerprint density at radius 1 is 1.37 bits per heavy atom. The molecule has 1 heterocycles. The van der Waals surface area contributed by atoms with E-state index in [4.69, 9.17) is 10.6 Å². The van der Waals surface area contributed by atoms with E-state index >= 15 is 0 Å². The Morgan fingerprint density at radius 2 is 2.05 bits per heavy atom. The van der Waals surface area contributed by atoms with Gasteiger partial charge in [0.15, 0.2) is 0 Å². The number of nitrogens with two attached hydrogens (primary N) is 1. The van der Waals surface area contributed by atoms with Crippen LogP contribution < -0.4 is 16.0 Å². The third kappa shape index (κ3) is 3.30. The predicted octanol–water partition coefficient (Wildman–Crippen LogP) is 1.94. The minimum absolute atomic E-state index is 0.323. The van der Waals surface area contributed by atoms with Gasteiger partial charge in [0, 0.05) is 0 Å². The van der Waals surface area contributed by atoms with E-state index in [9.17, 15) is 4.79 Å². The van der Waals surface area contributed by atoms with Crippen molar-refractivity contribution in [3.05, 3.63) is 45.4 Å². The summed E-state index contributed by atoms with van der Waals surface area (Å²) in [5.41, 5.74) is 3.95. The maximum atomic E-state index is 11.5. The summed E-state index contributed by atoms with van der Waals surface area (Å²) >= 11 is 1.29. The number of hydrogen-bond acceptors (Lipinski definition) is 5. The Kier molecular flexibility index (Phi) is 4.13. The number of nitrogen functional groups attached to an aromatic ring is 1. The lowest BCUT2D eigenvalue weighted by Crippen LogP contribution is -2.29. The van der Waals surface area contributed by atoms with E-state index in [0.29, 0.717) is 17.2 Å². The lowest BCUT2D eigenvalue weighted by Gasteiger charge is -2.03. The summed E-state index contributed by atoms with van der Waals surface area (Å²) in [6.45, 7) is 4.13. The Bertz CT molecular complexity index is 578. The second-order valence-corrected chi connectivity index (χ2v) is 5.18. The molecule has 1 aromatic heterocycles. The number of aryl methyl sites for hydroxylation is 2. The average Bonchev–Trinajstić information content (AvgIpc) is 2.78. The van der Waals surface area contributed by atoms with Crippen molar-refractivity contribution in [2.75, 3.05) is 0 Å². The van der Waals surface area contributed by atoms with Crippen LogP contribution in [-0.4, -0.2) is 10.9 Å². The van der Waals surface area contributed by atoms with E-state index in [1.54, 1.807) is 6.92 Å². The Labute approximate surface area is 115 Å². The van der Waals surface area contributed by atoms with Crippen LogP contribution in [0.2, 0.25) is 0 Å². The summed E-state index contributed by atoms with van der Waals surface area (Å²) in [6.07, 6.45) is 0. The van der Waals surface area contributed by atoms with Gasteiger partial charge in [-0.3, -0.25) is 10.2 Å². The summed E-state index contributed by atoms with van der Waals surface area (Å²) in [7, 11) is 0. The summed E-state index contributed by atoms with van der Waals surface area (Å²) in [6, 6.07) is 7.78. The molecule has 1 amide bonds. The van der Waals surface area contributed by atoms with Gasteiger partial charge in [-0.1, -0.05) is 17.7 Å². The van der Waals surface area contributed by atoms with Crippen LogP contribution in [0.25, 0.3) is 0 Å². The van der Waals surface area contributed by atoms with Crippen LogP contribution in [0.4, 0.5) is 0 Å². The highest BCUT2D eigenvalue weighted by atomic mass is 32.1. The molecule has 0 saturated heterocycles. The Balaban J connectivity index is 2.04. The van der Waals surface area contributed by atoms with Crippen LogP contribution >= 0.6 is 11.3 Å². The first-order valence-electron chi connectivity index (χ1n) is 5.77. The molecule has 2 aromatic rings. The first kappa shape index (κ1) is 13.5. The topological polar surface area (TPSA) is 77.2 Å². The number of nitrogens with zero attached hydrogens (tertiary/aromatic N) is 1. The molecular formula is C13H15N3O2S. The average molecular weight is 277 g/mol. The smallest absolute Gasteiger partial charge is 0.277 e. The zero-order chi connectivity index (χ0) is 13.8. The van der Waals surface area contributed by atoms with Crippen LogP contribution in [0.3, 0.4) is 0 Å². The molecule has 0 atom stereocenters. The molecule has 0 aliphatic carbocycles. The number of hydrogen-bond donors (Lipinski definition) is 2. The normalized spacial score (nSPS) is 10.3. The van der Waals surface area contributed by atoms with E-state index in [1.807, 2.05) is 31.2 Å². The molecule has 0 radical (unpaired) electrons. The minimum Gasteiger partial charge on any atom is -0.486 e. The van der Waals surface area contributed by atoms with Crippen molar-refractivity contribution in [2.45, 2.75) is 20.5 Å². The highest BCUT2D eigenvalue weighted by Crippen LogP contribution is 2.20. The van der Waals surface area contributed by atoms with Crippen LogP contribution in [0.1, 0.15) is 25.9 Å². The standard InChI is InChI=1S/C13H15N3O2S/c1-8-3-5-10(6-4-8)18-7-11-15-9(2)12(19-11)13(17)16-14/h3-6H,7,14H2,1-2H3,(H,16,17). The fourth-order valence-corrected chi connectivity index (χ4v) is 2.45. The quantitative estimate of drug-likeness (QED) is 0.508. The van der Waals surface area contributed by atoms with Crippen molar-refractivity contribution in [2.24, 2.45) is 5.84 Å². The number of amides is 1. The lowest BCUT2D eigenvalue weighted by molar-refractivity contribution is 0.0957. The molecule has 0 aliphatic rings. The molecule has 0 unspecified atom stereocenters. The van der Waals surface area contributed by atoms with Gasteiger partial charge < -0.3 is 4.74 Å². The molecule has 6 heteroatoms. The molecular weight excluding hydrogens is 262 g/mol. The van der Waals surface area contributed by atoms with E-state index in [0.717, 1.165) is 10.8 Å². The fraction of sp³-hybridized carbons (Fsp3) is 0.231. The number of benzene rings is 1. The second kappa shape index (κ2) is 5.81. The van der Waals surface area contributed by atoms with Gasteiger partial charge in [-0.05, 0) is 26.0 Å². The maximum Gasteiger partial charge on any atom is 0.277 e. The zero-order valence-corrected chi connectivity index (χ0v) is 11.6. The number of carbonyl (C=O) groups is 1. The molecule has 5 nitrogen and oxygen atoms in total. The van der Waals surface area contributed by atoms with Crippen molar-refractivity contribution in [3.8, 4) is 5.75 Å². The second-order valence-electron chi connectivity index (χ2n) is 4.10. The van der Waals surface area contributed by atoms with Crippen molar-refractivity contribution >= 4 is 17.2 Å². The molecule has 19 heavy (non-hydrogen) atoms. The summed E-state index contributed by atoms with van der Waals surface area (Å²) in [5, 5.41) is 0.747. The third-order valence-corrected chi connectivity index (χ3v) is 3.69. The first-order valence-corrected chi connectivity index (χ1v) is 6.58. The molecule has 3 N–H and O–H groups in total. The molecule has 0 fully saturated rings. The summed E-state index contributed by atoms with van der Waals surface area (Å²) < 4.78 is 5.61. The molecule has 0 aliphatic heterocycles. The lowest BCUT2D eigenvalue weighted by atomic mass is 10.2. The van der Waals surface area contributed by atoms with Gasteiger partial charge >= 0.3 is 0 Å². The maximum absolute atomic E-state index is 11.5. The molecule has 2 rings (SSSR count). The fourth-order valence-electron chi connectivity index (χ4n) is 1.57. The summed E-state index contributed by atoms with van der Waals surface area (Å²) in [5.74, 6) is 5.57. The highest BCUT2D eigenvalue weighted by molar-refractivity contribution is 7.13. The molecule has 1 aromatic carbocycles. The van der Waals surface area contributed by atoms with Crippen molar-refractivity contribution in [3.63, 3.8) is 0 Å². The predicted molar refractivity (Wildman–Crippen MR) is 74.0 cm³/mol. The van der Waals surface area contributed by atoms with E-state index in [1.165, 1.54) is 16.9 Å². The van der Waals surface area contributed by atoms with Crippen LogP contribution in [0.5, 0.6) is 5.75 Å². The zero-order valence-electron chi connectivity index (χ0n) is 10.8. The summed E-state index contributed by atoms with van der Waals surface area (Å²) in [4.78, 5) is 16.3. The number of thiazole rings is 1. The highest BCUT2D eigenvalue weighted by Gasteiger charge is 2.14. The van der Waals surface area contributed by atoms with E-state index in [-0.39, 0.29) is 5.91 Å². The first-order chi connectivity index (χ1) is 9.10. The van der Waals surface area contributed by atoms with Crippen molar-refractivity contribution in [1.29, 1.82) is 0 Å². The molecule has 0 bridgehead atoms. The molecule has 0 spiro atoms. The molecule has 100 valence electrons. The monoisotopic (exact) mass is 277 g/mol. The van der Waals surface area contributed by atoms with Crippen molar-refractivity contribution < 1.29 is 9.53 Å². The number of aromatic nitrogens is 1. The van der Waals surface area contributed by atoms with Gasteiger partial charge in [0.25, 0.3) is 5.91 Å². The largest absolute Gasteiger partial charge is 0.486 e. The minimum atomic E-state index is -0.323.